The fourth-order valence-corrected chi connectivity index (χ4v) is 2.73. The molecule has 64 valence electrons. The zero-order chi connectivity index (χ0) is 8.06. The van der Waals surface area contributed by atoms with Crippen molar-refractivity contribution in [3.8, 4) is 0 Å². The van der Waals surface area contributed by atoms with E-state index in [-0.39, 0.29) is 37.1 Å². The van der Waals surface area contributed by atoms with E-state index >= 15 is 0 Å². The Labute approximate surface area is 65.7 Å². The summed E-state index contributed by atoms with van der Waals surface area (Å²) in [5.74, 6) is 0.895. The van der Waals surface area contributed by atoms with Crippen LogP contribution >= 0.6 is 0 Å². The van der Waals surface area contributed by atoms with E-state index in [1.54, 1.807) is 0 Å². The largest absolute Gasteiger partial charge is 0.396 e. The van der Waals surface area contributed by atoms with Crippen LogP contribution in [-0.4, -0.2) is 35.1 Å². The van der Waals surface area contributed by atoms with Crippen LogP contribution in [0.25, 0.3) is 0 Å². The molecule has 2 fully saturated rings. The van der Waals surface area contributed by atoms with Crippen molar-refractivity contribution in [2.75, 3.05) is 19.8 Å². The molecule has 3 heteroatoms. The Morgan fingerprint density at radius 2 is 1.55 bits per heavy atom. The van der Waals surface area contributed by atoms with Crippen molar-refractivity contribution in [1.29, 1.82) is 0 Å². The highest BCUT2D eigenvalue weighted by Gasteiger charge is 2.76. The first-order chi connectivity index (χ1) is 5.31. The molecule has 0 aliphatic heterocycles. The Morgan fingerprint density at radius 3 is 1.82 bits per heavy atom. The predicted octanol–water partition coefficient (Wildman–Crippen LogP) is -0.784. The molecule has 0 aromatic heterocycles. The molecule has 0 heterocycles. The van der Waals surface area contributed by atoms with Crippen LogP contribution in [0, 0.1) is 23.2 Å². The Bertz CT molecular complexity index is 159. The van der Waals surface area contributed by atoms with Crippen LogP contribution in [0.1, 0.15) is 6.42 Å². The van der Waals surface area contributed by atoms with Crippen LogP contribution in [-0.2, 0) is 0 Å². The summed E-state index contributed by atoms with van der Waals surface area (Å²) in [6.45, 7) is 0.552. The molecule has 0 aromatic rings. The number of hydrogen-bond donors (Lipinski definition) is 3. The molecule has 1 spiro atoms. The normalized spacial score (nSPS) is 53.2. The SMILES string of the molecule is OCC1CC12C(CO)C2CO. The molecule has 2 aliphatic carbocycles. The monoisotopic (exact) mass is 158 g/mol. The van der Waals surface area contributed by atoms with E-state index < -0.39 is 0 Å². The average molecular weight is 158 g/mol. The Hall–Kier alpha value is -0.120. The number of aliphatic hydroxyl groups excluding tert-OH is 3. The summed E-state index contributed by atoms with van der Waals surface area (Å²) in [5.41, 5.74) is 0.151. The maximum absolute atomic E-state index is 8.90. The van der Waals surface area contributed by atoms with E-state index in [0.29, 0.717) is 5.92 Å². The molecule has 3 atom stereocenters. The van der Waals surface area contributed by atoms with Crippen LogP contribution < -0.4 is 0 Å². The first kappa shape index (κ1) is 7.53. The quantitative estimate of drug-likeness (QED) is 0.504. The van der Waals surface area contributed by atoms with Crippen LogP contribution in [0.5, 0.6) is 0 Å². The highest BCUT2D eigenvalue weighted by atomic mass is 16.3. The van der Waals surface area contributed by atoms with Crippen molar-refractivity contribution in [1.82, 2.24) is 0 Å². The van der Waals surface area contributed by atoms with Crippen molar-refractivity contribution in [3.63, 3.8) is 0 Å². The molecule has 2 saturated carbocycles. The van der Waals surface area contributed by atoms with Gasteiger partial charge in [-0.3, -0.25) is 0 Å². The Morgan fingerprint density at radius 1 is 1.00 bits per heavy atom. The predicted molar refractivity (Wildman–Crippen MR) is 38.8 cm³/mol. The number of hydrogen-bond acceptors (Lipinski definition) is 3. The minimum absolute atomic E-state index is 0.151. The third kappa shape index (κ3) is 0.736. The number of rotatable bonds is 3. The minimum Gasteiger partial charge on any atom is -0.396 e. The molecule has 3 N–H and O–H groups in total. The molecule has 2 aliphatic rings. The van der Waals surface area contributed by atoms with Gasteiger partial charge in [0.1, 0.15) is 0 Å². The van der Waals surface area contributed by atoms with Gasteiger partial charge in [-0.25, -0.2) is 0 Å². The lowest BCUT2D eigenvalue weighted by Gasteiger charge is -1.89. The summed E-state index contributed by atoms with van der Waals surface area (Å²) in [6, 6.07) is 0. The van der Waals surface area contributed by atoms with Gasteiger partial charge in [-0.15, -0.1) is 0 Å². The highest BCUT2D eigenvalue weighted by molar-refractivity contribution is 5.23. The molecule has 11 heavy (non-hydrogen) atoms. The molecule has 0 saturated heterocycles. The van der Waals surface area contributed by atoms with E-state index in [1.807, 2.05) is 0 Å². The molecule has 0 amide bonds. The van der Waals surface area contributed by atoms with Crippen LogP contribution in [0.15, 0.2) is 0 Å². The van der Waals surface area contributed by atoms with Crippen LogP contribution in [0.4, 0.5) is 0 Å². The molecule has 3 unspecified atom stereocenters. The van der Waals surface area contributed by atoms with Crippen molar-refractivity contribution in [2.45, 2.75) is 6.42 Å². The van der Waals surface area contributed by atoms with E-state index in [2.05, 4.69) is 0 Å². The fraction of sp³-hybridized carbons (Fsp3) is 1.00. The van der Waals surface area contributed by atoms with Gasteiger partial charge in [-0.2, -0.15) is 0 Å². The zero-order valence-electron chi connectivity index (χ0n) is 6.40. The van der Waals surface area contributed by atoms with Gasteiger partial charge < -0.3 is 15.3 Å². The zero-order valence-corrected chi connectivity index (χ0v) is 6.40. The minimum atomic E-state index is 0.151. The van der Waals surface area contributed by atoms with Crippen molar-refractivity contribution >= 4 is 0 Å². The molecule has 0 radical (unpaired) electrons. The van der Waals surface area contributed by atoms with Crippen molar-refractivity contribution in [2.24, 2.45) is 23.2 Å². The van der Waals surface area contributed by atoms with Crippen molar-refractivity contribution < 1.29 is 15.3 Å². The second kappa shape index (κ2) is 2.19. The fourth-order valence-electron chi connectivity index (χ4n) is 2.73. The first-order valence-corrected chi connectivity index (χ1v) is 4.13. The van der Waals surface area contributed by atoms with E-state index in [0.717, 1.165) is 6.42 Å². The van der Waals surface area contributed by atoms with Crippen LogP contribution in [0.2, 0.25) is 0 Å². The van der Waals surface area contributed by atoms with Gasteiger partial charge in [0.25, 0.3) is 0 Å². The van der Waals surface area contributed by atoms with Gasteiger partial charge in [-0.1, -0.05) is 0 Å². The van der Waals surface area contributed by atoms with Gasteiger partial charge in [0.15, 0.2) is 0 Å². The summed E-state index contributed by atoms with van der Waals surface area (Å²) in [5, 5.41) is 26.7. The maximum Gasteiger partial charge on any atom is 0.0468 e. The second-order valence-electron chi connectivity index (χ2n) is 3.77. The molecular weight excluding hydrogens is 144 g/mol. The van der Waals surface area contributed by atoms with Gasteiger partial charge >= 0.3 is 0 Å². The highest BCUT2D eigenvalue weighted by Crippen LogP contribution is 2.77. The summed E-state index contributed by atoms with van der Waals surface area (Å²) in [7, 11) is 0. The smallest absolute Gasteiger partial charge is 0.0468 e. The average Bonchev–Trinajstić information content (AvgIpc) is 2.89. The summed E-state index contributed by atoms with van der Waals surface area (Å²) >= 11 is 0. The lowest BCUT2D eigenvalue weighted by atomic mass is 10.2. The van der Waals surface area contributed by atoms with Crippen LogP contribution in [0.3, 0.4) is 0 Å². The lowest BCUT2D eigenvalue weighted by Crippen LogP contribution is -1.93. The van der Waals surface area contributed by atoms with E-state index in [4.69, 9.17) is 15.3 Å². The molecule has 0 aromatic carbocycles. The van der Waals surface area contributed by atoms with Gasteiger partial charge in [0, 0.05) is 19.8 Å². The van der Waals surface area contributed by atoms with E-state index in [1.165, 1.54) is 0 Å². The van der Waals surface area contributed by atoms with E-state index in [9.17, 15) is 0 Å². The lowest BCUT2D eigenvalue weighted by molar-refractivity contribution is 0.232. The molecule has 2 rings (SSSR count). The van der Waals surface area contributed by atoms with Crippen molar-refractivity contribution in [3.05, 3.63) is 0 Å². The molecule has 0 bridgehead atoms. The number of aliphatic hydroxyl groups is 3. The molecular formula is C8H14O3. The standard InChI is InChI=1S/C8H14O3/c9-2-5-1-8(5)6(3-10)7(8)4-11/h5-7,9-11H,1-4H2. The van der Waals surface area contributed by atoms with Gasteiger partial charge in [0.2, 0.25) is 0 Å². The molecule has 3 nitrogen and oxygen atoms in total. The maximum atomic E-state index is 8.90. The summed E-state index contributed by atoms with van der Waals surface area (Å²) in [6.07, 6.45) is 1.000. The van der Waals surface area contributed by atoms with Gasteiger partial charge in [0.05, 0.1) is 0 Å². The van der Waals surface area contributed by atoms with Gasteiger partial charge in [-0.05, 0) is 29.6 Å². The second-order valence-corrected chi connectivity index (χ2v) is 3.77. The third-order valence-electron chi connectivity index (χ3n) is 3.57. The topological polar surface area (TPSA) is 60.7 Å². The third-order valence-corrected chi connectivity index (χ3v) is 3.57. The summed E-state index contributed by atoms with van der Waals surface area (Å²) < 4.78 is 0. The first-order valence-electron chi connectivity index (χ1n) is 4.13. The summed E-state index contributed by atoms with van der Waals surface area (Å²) in [4.78, 5) is 0. The Kier molecular flexibility index (Phi) is 1.50. The Balaban J connectivity index is 1.98.